The van der Waals surface area contributed by atoms with Gasteiger partial charge < -0.3 is 18.6 Å². The molecule has 1 aromatic carbocycles. The van der Waals surface area contributed by atoms with Crippen LogP contribution in [0.5, 0.6) is 0 Å². The Morgan fingerprint density at radius 3 is 2.30 bits per heavy atom. The molecule has 0 aliphatic carbocycles. The summed E-state index contributed by atoms with van der Waals surface area (Å²) in [7, 11) is -1.91. The van der Waals surface area contributed by atoms with Crippen LogP contribution in [0.2, 0.25) is 18.1 Å². The third kappa shape index (κ3) is 7.32. The Kier molecular flexibility index (Phi) is 8.82. The van der Waals surface area contributed by atoms with Gasteiger partial charge in [-0.2, -0.15) is 0 Å². The van der Waals surface area contributed by atoms with E-state index in [2.05, 4.69) is 47.0 Å². The Labute approximate surface area is 183 Å². The van der Waals surface area contributed by atoms with E-state index in [0.29, 0.717) is 19.8 Å². The maximum absolute atomic E-state index is 6.43. The van der Waals surface area contributed by atoms with Crippen LogP contribution in [-0.4, -0.2) is 46.6 Å². The van der Waals surface area contributed by atoms with E-state index in [4.69, 9.17) is 18.6 Å². The maximum Gasteiger partial charge on any atom is 0.192 e. The lowest BCUT2D eigenvalue weighted by Crippen LogP contribution is -2.47. The van der Waals surface area contributed by atoms with E-state index >= 15 is 0 Å². The first kappa shape index (κ1) is 24.8. The molecule has 30 heavy (non-hydrogen) atoms. The summed E-state index contributed by atoms with van der Waals surface area (Å²) < 4.78 is 24.6. The first-order valence-corrected chi connectivity index (χ1v) is 13.5. The van der Waals surface area contributed by atoms with Gasteiger partial charge in [-0.1, -0.05) is 75.9 Å². The molecular weight excluding hydrogens is 392 g/mol. The highest BCUT2D eigenvalue weighted by Gasteiger charge is 2.39. The van der Waals surface area contributed by atoms with Crippen molar-refractivity contribution in [3.63, 3.8) is 0 Å². The molecule has 4 nitrogen and oxygen atoms in total. The minimum Gasteiger partial charge on any atom is -0.414 e. The molecule has 2 rings (SSSR count). The van der Waals surface area contributed by atoms with Crippen molar-refractivity contribution >= 4 is 13.9 Å². The van der Waals surface area contributed by atoms with E-state index < -0.39 is 14.6 Å². The number of hydrogen-bond acceptors (Lipinski definition) is 4. The van der Waals surface area contributed by atoms with Gasteiger partial charge in [-0.25, -0.2) is 0 Å². The summed E-state index contributed by atoms with van der Waals surface area (Å²) >= 11 is 0. The molecule has 0 spiro atoms. The third-order valence-electron chi connectivity index (χ3n) is 5.67. The summed E-state index contributed by atoms with van der Waals surface area (Å²) in [6.45, 7) is 22.5. The Morgan fingerprint density at radius 1 is 1.03 bits per heavy atom. The van der Waals surface area contributed by atoms with Crippen molar-refractivity contribution in [1.29, 1.82) is 0 Å². The second-order valence-corrected chi connectivity index (χ2v) is 14.3. The van der Waals surface area contributed by atoms with Crippen LogP contribution in [0.4, 0.5) is 0 Å². The van der Waals surface area contributed by atoms with Gasteiger partial charge in [-0.15, -0.1) is 0 Å². The molecule has 0 amide bonds. The van der Waals surface area contributed by atoms with E-state index in [1.54, 1.807) is 0 Å². The summed E-state index contributed by atoms with van der Waals surface area (Å²) in [4.78, 5) is 0. The molecule has 1 aliphatic rings. The van der Waals surface area contributed by atoms with Crippen molar-refractivity contribution in [3.05, 3.63) is 66.8 Å². The lowest BCUT2D eigenvalue weighted by atomic mass is 10.1. The largest absolute Gasteiger partial charge is 0.414 e. The van der Waals surface area contributed by atoms with Crippen molar-refractivity contribution in [3.8, 4) is 0 Å². The predicted molar refractivity (Wildman–Crippen MR) is 127 cm³/mol. The molecule has 0 fully saturated rings. The van der Waals surface area contributed by atoms with E-state index in [0.717, 1.165) is 16.7 Å². The molecule has 0 saturated carbocycles. The van der Waals surface area contributed by atoms with Gasteiger partial charge in [0.25, 0.3) is 0 Å². The van der Waals surface area contributed by atoms with Crippen molar-refractivity contribution in [2.75, 3.05) is 19.8 Å². The minimum atomic E-state index is -1.91. The van der Waals surface area contributed by atoms with Crippen molar-refractivity contribution < 1.29 is 18.6 Å². The monoisotopic (exact) mass is 430 g/mol. The highest BCUT2D eigenvalue weighted by atomic mass is 28.4. The first-order chi connectivity index (χ1) is 14.0. The van der Waals surface area contributed by atoms with Crippen molar-refractivity contribution in [1.82, 2.24) is 0 Å². The molecule has 1 heterocycles. The van der Waals surface area contributed by atoms with Gasteiger partial charge in [-0.05, 0) is 42.3 Å². The normalized spacial score (nSPS) is 22.1. The number of benzene rings is 1. The van der Waals surface area contributed by atoms with Gasteiger partial charge in [0.1, 0.15) is 12.2 Å². The SMILES string of the molecule is C=C(C)CO[C@@H]1C=C[C@H](OCC(=C)c2ccccc2)[C@@H](CO[Si](C)(C)C(C)(C)C)O1. The number of hydrogen-bond donors (Lipinski definition) is 0. The maximum atomic E-state index is 6.43. The van der Waals surface area contributed by atoms with Gasteiger partial charge in [0.15, 0.2) is 14.6 Å². The molecule has 1 aliphatic heterocycles. The van der Waals surface area contributed by atoms with Crippen LogP contribution < -0.4 is 0 Å². The smallest absolute Gasteiger partial charge is 0.192 e. The lowest BCUT2D eigenvalue weighted by molar-refractivity contribution is -0.181. The molecule has 0 N–H and O–H groups in total. The van der Waals surface area contributed by atoms with Crippen LogP contribution in [0.15, 0.2) is 61.2 Å². The Bertz CT molecular complexity index is 733. The van der Waals surface area contributed by atoms with Crippen molar-refractivity contribution in [2.45, 2.75) is 64.3 Å². The van der Waals surface area contributed by atoms with Gasteiger partial charge in [0.05, 0.1) is 19.8 Å². The zero-order chi connectivity index (χ0) is 22.4. The minimum absolute atomic E-state index is 0.130. The van der Waals surface area contributed by atoms with Gasteiger partial charge in [0.2, 0.25) is 0 Å². The zero-order valence-corrected chi connectivity index (χ0v) is 20.4. The third-order valence-corrected chi connectivity index (χ3v) is 10.2. The van der Waals surface area contributed by atoms with Crippen LogP contribution in [0, 0.1) is 0 Å². The average Bonchev–Trinajstić information content (AvgIpc) is 2.69. The van der Waals surface area contributed by atoms with E-state index in [-0.39, 0.29) is 17.2 Å². The fraction of sp³-hybridized carbons (Fsp3) is 0.520. The number of ether oxygens (including phenoxy) is 3. The molecule has 166 valence electrons. The Hall–Kier alpha value is -1.50. The zero-order valence-electron chi connectivity index (χ0n) is 19.4. The molecule has 3 atom stereocenters. The molecular formula is C25H38O4Si. The molecule has 0 radical (unpaired) electrons. The fourth-order valence-electron chi connectivity index (χ4n) is 2.70. The summed E-state index contributed by atoms with van der Waals surface area (Å²) in [5.41, 5.74) is 2.97. The van der Waals surface area contributed by atoms with Crippen molar-refractivity contribution in [2.24, 2.45) is 0 Å². The quantitative estimate of drug-likeness (QED) is 0.338. The van der Waals surface area contributed by atoms with E-state index in [1.807, 2.05) is 49.4 Å². The predicted octanol–water partition coefficient (Wildman–Crippen LogP) is 5.98. The second-order valence-electron chi connectivity index (χ2n) is 9.51. The van der Waals surface area contributed by atoms with Gasteiger partial charge in [0, 0.05) is 0 Å². The number of rotatable bonds is 10. The topological polar surface area (TPSA) is 36.9 Å². The molecule has 0 aromatic heterocycles. The highest BCUT2D eigenvalue weighted by molar-refractivity contribution is 6.74. The summed E-state index contributed by atoms with van der Waals surface area (Å²) in [6, 6.07) is 10.1. The molecule has 0 saturated heterocycles. The van der Waals surface area contributed by atoms with Crippen LogP contribution in [0.25, 0.3) is 5.57 Å². The first-order valence-electron chi connectivity index (χ1n) is 10.6. The summed E-state index contributed by atoms with van der Waals surface area (Å²) in [5.74, 6) is 0. The lowest BCUT2D eigenvalue weighted by Gasteiger charge is -2.39. The standard InChI is InChI=1S/C25H38O4Si/c1-19(2)16-27-24-15-14-22(26-17-20(3)21-12-10-9-11-13-21)23(29-24)18-28-30(7,8)25(4,5)6/h9-15,22-24H,1,3,16-18H2,2,4-8H3/t22-,23+,24-/m0/s1. The molecule has 0 bridgehead atoms. The second kappa shape index (κ2) is 10.7. The Balaban J connectivity index is 2.04. The van der Waals surface area contributed by atoms with Crippen LogP contribution in [0.1, 0.15) is 33.3 Å². The van der Waals surface area contributed by atoms with Gasteiger partial charge >= 0.3 is 0 Å². The van der Waals surface area contributed by atoms with Gasteiger partial charge in [-0.3, -0.25) is 0 Å². The Morgan fingerprint density at radius 2 is 1.70 bits per heavy atom. The average molecular weight is 431 g/mol. The highest BCUT2D eigenvalue weighted by Crippen LogP contribution is 2.37. The van der Waals surface area contributed by atoms with Crippen LogP contribution in [-0.2, 0) is 18.6 Å². The molecule has 0 unspecified atom stereocenters. The van der Waals surface area contributed by atoms with Crippen LogP contribution in [0.3, 0.4) is 0 Å². The fourth-order valence-corrected chi connectivity index (χ4v) is 3.71. The summed E-state index contributed by atoms with van der Waals surface area (Å²) in [5, 5.41) is 0.130. The van der Waals surface area contributed by atoms with Crippen LogP contribution >= 0.6 is 0 Å². The molecule has 5 heteroatoms. The van der Waals surface area contributed by atoms with E-state index in [9.17, 15) is 0 Å². The molecule has 1 aromatic rings. The van der Waals surface area contributed by atoms with E-state index in [1.165, 1.54) is 0 Å². The summed E-state index contributed by atoms with van der Waals surface area (Å²) in [6.07, 6.45) is 3.03.